The number of piperidine rings is 1. The highest BCUT2D eigenvalue weighted by Gasteiger charge is 2.30. The van der Waals surface area contributed by atoms with Crippen molar-refractivity contribution >= 4 is 15.8 Å². The molecule has 0 saturated carbocycles. The molecule has 3 N–H and O–H groups in total. The minimum absolute atomic E-state index is 0.00689. The number of hydrogen-bond acceptors (Lipinski definition) is 5. The summed E-state index contributed by atoms with van der Waals surface area (Å²) in [5.41, 5.74) is 5.57. The summed E-state index contributed by atoms with van der Waals surface area (Å²) in [6.45, 7) is 0.532. The minimum Gasteiger partial charge on any atom is -0.392 e. The van der Waals surface area contributed by atoms with Crippen LogP contribution in [0, 0.1) is 0 Å². The molecule has 1 atom stereocenters. The molecule has 0 amide bonds. The number of pyridine rings is 1. The molecular weight excluding hydrogens is 242 g/mol. The fourth-order valence-corrected chi connectivity index (χ4v) is 3.48. The largest absolute Gasteiger partial charge is 0.392 e. The zero-order valence-electron chi connectivity index (χ0n) is 9.28. The number of aromatic nitrogens is 1. The molecule has 1 saturated heterocycles. The summed E-state index contributed by atoms with van der Waals surface area (Å²) in [6, 6.07) is 2.96. The van der Waals surface area contributed by atoms with Gasteiger partial charge in [-0.3, -0.25) is 0 Å². The van der Waals surface area contributed by atoms with Crippen molar-refractivity contribution in [2.45, 2.75) is 23.8 Å². The molecule has 1 aliphatic heterocycles. The molecule has 1 aromatic heterocycles. The van der Waals surface area contributed by atoms with Gasteiger partial charge in [0.05, 0.1) is 6.10 Å². The van der Waals surface area contributed by atoms with E-state index in [9.17, 15) is 13.5 Å². The number of anilines is 1. The molecule has 94 valence electrons. The molecule has 1 fully saturated rings. The third-order valence-electron chi connectivity index (χ3n) is 2.78. The number of hydrogen-bond donors (Lipinski definition) is 2. The quantitative estimate of drug-likeness (QED) is 0.765. The molecule has 0 unspecified atom stereocenters. The maximum atomic E-state index is 12.2. The number of nitrogens with two attached hydrogens (primary N) is 1. The van der Waals surface area contributed by atoms with Crippen LogP contribution in [0.25, 0.3) is 0 Å². The highest BCUT2D eigenvalue weighted by molar-refractivity contribution is 7.89. The average molecular weight is 257 g/mol. The summed E-state index contributed by atoms with van der Waals surface area (Å²) in [7, 11) is -3.64. The second-order valence-electron chi connectivity index (χ2n) is 4.05. The topological polar surface area (TPSA) is 96.5 Å². The number of β-amino-alcohol motifs (C(OH)–C–C–N with tert-alkyl or cyclic N) is 1. The van der Waals surface area contributed by atoms with E-state index in [1.165, 1.54) is 22.6 Å². The van der Waals surface area contributed by atoms with Gasteiger partial charge in [0.25, 0.3) is 0 Å². The molecule has 0 spiro atoms. The van der Waals surface area contributed by atoms with Gasteiger partial charge in [-0.05, 0) is 25.0 Å². The van der Waals surface area contributed by atoms with Crippen LogP contribution < -0.4 is 5.73 Å². The van der Waals surface area contributed by atoms with Crippen molar-refractivity contribution in [2.75, 3.05) is 18.8 Å². The maximum absolute atomic E-state index is 12.2. The van der Waals surface area contributed by atoms with Gasteiger partial charge in [-0.1, -0.05) is 0 Å². The maximum Gasteiger partial charge on any atom is 0.246 e. The molecule has 0 aromatic carbocycles. The van der Waals surface area contributed by atoms with E-state index >= 15 is 0 Å². The standard InChI is InChI=1S/C10H15N3O3S/c11-10-9(4-1-5-12-10)17(15,16)13-6-2-3-8(14)7-13/h1,4-5,8,14H,2-3,6-7H2,(H2,11,12)/t8-/m0/s1. The number of nitrogens with zero attached hydrogens (tertiary/aromatic N) is 2. The fraction of sp³-hybridized carbons (Fsp3) is 0.500. The first kappa shape index (κ1) is 12.3. The lowest BCUT2D eigenvalue weighted by atomic mass is 10.1. The molecule has 17 heavy (non-hydrogen) atoms. The first-order chi connectivity index (χ1) is 8.01. The molecule has 7 heteroatoms. The number of rotatable bonds is 2. The van der Waals surface area contributed by atoms with Gasteiger partial charge >= 0.3 is 0 Å². The van der Waals surface area contributed by atoms with Crippen LogP contribution in [0.5, 0.6) is 0 Å². The Morgan fingerprint density at radius 1 is 1.53 bits per heavy atom. The van der Waals surface area contributed by atoms with Crippen LogP contribution >= 0.6 is 0 Å². The van der Waals surface area contributed by atoms with Crippen LogP contribution in [0.4, 0.5) is 5.82 Å². The summed E-state index contributed by atoms with van der Waals surface area (Å²) in [4.78, 5) is 3.78. The highest BCUT2D eigenvalue weighted by atomic mass is 32.2. The average Bonchev–Trinajstić information content (AvgIpc) is 2.29. The molecule has 2 heterocycles. The van der Waals surface area contributed by atoms with Gasteiger partial charge in [-0.15, -0.1) is 0 Å². The first-order valence-corrected chi connectivity index (χ1v) is 6.84. The molecule has 0 aliphatic carbocycles. The van der Waals surface area contributed by atoms with Crippen molar-refractivity contribution in [1.82, 2.24) is 9.29 Å². The number of aliphatic hydroxyl groups excluding tert-OH is 1. The van der Waals surface area contributed by atoms with E-state index in [0.29, 0.717) is 19.4 Å². The van der Waals surface area contributed by atoms with E-state index in [0.717, 1.165) is 0 Å². The van der Waals surface area contributed by atoms with E-state index in [1.807, 2.05) is 0 Å². The van der Waals surface area contributed by atoms with Crippen LogP contribution in [0.3, 0.4) is 0 Å². The Kier molecular flexibility index (Phi) is 3.32. The van der Waals surface area contributed by atoms with E-state index in [4.69, 9.17) is 5.73 Å². The molecule has 1 aliphatic rings. The Bertz CT molecular complexity index is 503. The Hall–Kier alpha value is -1.18. The van der Waals surface area contributed by atoms with Crippen LogP contribution in [0.2, 0.25) is 0 Å². The Labute approximate surface area is 100 Å². The van der Waals surface area contributed by atoms with Gasteiger partial charge in [-0.2, -0.15) is 4.31 Å². The van der Waals surface area contributed by atoms with E-state index in [2.05, 4.69) is 4.98 Å². The second-order valence-corrected chi connectivity index (χ2v) is 5.95. The summed E-state index contributed by atoms with van der Waals surface area (Å²) in [5, 5.41) is 9.51. The smallest absolute Gasteiger partial charge is 0.246 e. The van der Waals surface area contributed by atoms with Crippen LogP contribution in [0.1, 0.15) is 12.8 Å². The van der Waals surface area contributed by atoms with Gasteiger partial charge in [0, 0.05) is 19.3 Å². The lowest BCUT2D eigenvalue weighted by Crippen LogP contribution is -2.42. The molecule has 0 bridgehead atoms. The van der Waals surface area contributed by atoms with E-state index < -0.39 is 16.1 Å². The second kappa shape index (κ2) is 4.59. The van der Waals surface area contributed by atoms with Crippen molar-refractivity contribution in [3.63, 3.8) is 0 Å². The lowest BCUT2D eigenvalue weighted by molar-refractivity contribution is 0.108. The molecule has 1 aromatic rings. The van der Waals surface area contributed by atoms with Crippen LogP contribution in [0.15, 0.2) is 23.2 Å². The predicted molar refractivity (Wildman–Crippen MR) is 62.6 cm³/mol. The number of aliphatic hydroxyl groups is 1. The minimum atomic E-state index is -3.64. The van der Waals surface area contributed by atoms with Gasteiger partial charge in [0.2, 0.25) is 10.0 Å². The van der Waals surface area contributed by atoms with Crippen molar-refractivity contribution in [1.29, 1.82) is 0 Å². The van der Waals surface area contributed by atoms with Crippen LogP contribution in [-0.2, 0) is 10.0 Å². The van der Waals surface area contributed by atoms with Gasteiger partial charge in [0.15, 0.2) is 0 Å². The lowest BCUT2D eigenvalue weighted by Gasteiger charge is -2.29. The Balaban J connectivity index is 2.33. The number of nitrogen functional groups attached to an aromatic ring is 1. The predicted octanol–water partition coefficient (Wildman–Crippen LogP) is -0.191. The van der Waals surface area contributed by atoms with Gasteiger partial charge in [-0.25, -0.2) is 13.4 Å². The van der Waals surface area contributed by atoms with Crippen molar-refractivity contribution in [3.05, 3.63) is 18.3 Å². The summed E-state index contributed by atoms with van der Waals surface area (Å²) in [5.74, 6) is -0.00689. The third-order valence-corrected chi connectivity index (χ3v) is 4.69. The molecule has 0 radical (unpaired) electrons. The molecular formula is C10H15N3O3S. The first-order valence-electron chi connectivity index (χ1n) is 5.40. The van der Waals surface area contributed by atoms with Crippen molar-refractivity contribution in [3.8, 4) is 0 Å². The van der Waals surface area contributed by atoms with Gasteiger partial charge in [0.1, 0.15) is 10.7 Å². The van der Waals surface area contributed by atoms with Crippen molar-refractivity contribution in [2.24, 2.45) is 0 Å². The number of sulfonamides is 1. The van der Waals surface area contributed by atoms with E-state index in [-0.39, 0.29) is 17.3 Å². The zero-order chi connectivity index (χ0) is 12.5. The van der Waals surface area contributed by atoms with Crippen molar-refractivity contribution < 1.29 is 13.5 Å². The zero-order valence-corrected chi connectivity index (χ0v) is 10.1. The monoisotopic (exact) mass is 257 g/mol. The molecule has 6 nitrogen and oxygen atoms in total. The highest BCUT2D eigenvalue weighted by Crippen LogP contribution is 2.23. The third kappa shape index (κ3) is 2.41. The Morgan fingerprint density at radius 2 is 2.29 bits per heavy atom. The Morgan fingerprint density at radius 3 is 2.94 bits per heavy atom. The fourth-order valence-electron chi connectivity index (χ4n) is 1.90. The van der Waals surface area contributed by atoms with E-state index in [1.54, 1.807) is 0 Å². The summed E-state index contributed by atoms with van der Waals surface area (Å²) >= 11 is 0. The molecule has 2 rings (SSSR count). The SMILES string of the molecule is Nc1ncccc1S(=O)(=O)N1CCC[C@H](O)C1. The van der Waals surface area contributed by atoms with Crippen LogP contribution in [-0.4, -0.2) is 42.0 Å². The normalized spacial score (nSPS) is 22.5. The van der Waals surface area contributed by atoms with Gasteiger partial charge < -0.3 is 10.8 Å². The summed E-state index contributed by atoms with van der Waals surface area (Å²) < 4.78 is 25.8. The summed E-state index contributed by atoms with van der Waals surface area (Å²) in [6.07, 6.45) is 2.13.